The highest BCUT2D eigenvalue weighted by Gasteiger charge is 2.51. The summed E-state index contributed by atoms with van der Waals surface area (Å²) in [6.07, 6.45) is 0.431. The number of amides is 1. The summed E-state index contributed by atoms with van der Waals surface area (Å²) in [4.78, 5) is 18.4. The van der Waals surface area contributed by atoms with E-state index in [4.69, 9.17) is 9.47 Å². The van der Waals surface area contributed by atoms with Crippen molar-refractivity contribution >= 4 is 26.8 Å². The molecule has 0 aliphatic carbocycles. The number of aryl methyl sites for hydroxylation is 2. The van der Waals surface area contributed by atoms with Gasteiger partial charge in [0, 0.05) is 16.6 Å². The number of carbonyl (C=O) groups is 1. The summed E-state index contributed by atoms with van der Waals surface area (Å²) in [7, 11) is -2.74. The number of aromatic nitrogens is 1. The molecular weight excluding hydrogens is 488 g/mol. The second-order valence-electron chi connectivity index (χ2n) is 9.30. The fourth-order valence-corrected chi connectivity index (χ4v) is 6.18. The van der Waals surface area contributed by atoms with Crippen molar-refractivity contribution in [3.05, 3.63) is 101 Å². The molecule has 2 atom stereocenters. The molecule has 1 N–H and O–H groups in total. The van der Waals surface area contributed by atoms with Gasteiger partial charge in [0.15, 0.2) is 5.60 Å². The van der Waals surface area contributed by atoms with Crippen LogP contribution in [0.25, 0.3) is 10.9 Å². The van der Waals surface area contributed by atoms with Crippen LogP contribution >= 0.6 is 0 Å². The molecule has 0 spiro atoms. The molecule has 1 aliphatic heterocycles. The second kappa shape index (κ2) is 9.61. The van der Waals surface area contributed by atoms with E-state index in [9.17, 15) is 13.2 Å². The molecule has 1 aromatic heterocycles. The number of pyridine rings is 1. The Morgan fingerprint density at radius 2 is 1.81 bits per heavy atom. The van der Waals surface area contributed by atoms with Crippen molar-refractivity contribution in [2.75, 3.05) is 7.11 Å². The summed E-state index contributed by atoms with van der Waals surface area (Å²) >= 11 is 0. The molecule has 37 heavy (non-hydrogen) atoms. The Hall–Kier alpha value is -3.75. The van der Waals surface area contributed by atoms with Crippen molar-refractivity contribution < 1.29 is 22.7 Å². The van der Waals surface area contributed by atoms with Gasteiger partial charge in [0.25, 0.3) is 15.9 Å². The lowest BCUT2D eigenvalue weighted by Crippen LogP contribution is -2.46. The highest BCUT2D eigenvalue weighted by molar-refractivity contribution is 7.90. The number of sulfonamides is 1. The standard InChI is InChI=1S/C29H28N2O5S/c1-19-12-15-26(35-3)23(18-19)29(17-16-25(36-29)21-8-5-4-6-9-21)28(32)31-37(33,34)27-11-7-10-24-22(27)14-13-20(2)30-24/h4-15,18,25H,16-17H2,1-3H3,(H,31,32)/t25?,29-/m1/s1. The molecule has 0 saturated carbocycles. The zero-order valence-electron chi connectivity index (χ0n) is 20.9. The Morgan fingerprint density at radius 3 is 2.57 bits per heavy atom. The number of hydrogen-bond acceptors (Lipinski definition) is 6. The van der Waals surface area contributed by atoms with Crippen LogP contribution in [0.15, 0.2) is 83.8 Å². The highest BCUT2D eigenvalue weighted by Crippen LogP contribution is 2.49. The van der Waals surface area contributed by atoms with E-state index >= 15 is 0 Å². The maximum atomic E-state index is 14.0. The largest absolute Gasteiger partial charge is 0.496 e. The Labute approximate surface area is 216 Å². The first-order valence-corrected chi connectivity index (χ1v) is 13.5. The van der Waals surface area contributed by atoms with Crippen LogP contribution in [0.4, 0.5) is 0 Å². The molecule has 1 amide bonds. The van der Waals surface area contributed by atoms with Gasteiger partial charge in [0.1, 0.15) is 5.75 Å². The molecular formula is C29H28N2O5S. The van der Waals surface area contributed by atoms with Gasteiger partial charge in [-0.3, -0.25) is 9.78 Å². The van der Waals surface area contributed by atoms with Crippen LogP contribution in [0.1, 0.15) is 41.3 Å². The van der Waals surface area contributed by atoms with Crippen molar-refractivity contribution in [1.29, 1.82) is 0 Å². The van der Waals surface area contributed by atoms with E-state index in [-0.39, 0.29) is 17.4 Å². The van der Waals surface area contributed by atoms with Gasteiger partial charge in [-0.25, -0.2) is 13.1 Å². The van der Waals surface area contributed by atoms with Crippen LogP contribution in [0, 0.1) is 13.8 Å². The summed E-state index contributed by atoms with van der Waals surface area (Å²) in [5.74, 6) is -0.302. The summed E-state index contributed by atoms with van der Waals surface area (Å²) in [5, 5.41) is 0.435. The summed E-state index contributed by atoms with van der Waals surface area (Å²) in [6.45, 7) is 3.74. The molecule has 4 aromatic rings. The lowest BCUT2D eigenvalue weighted by molar-refractivity contribution is -0.145. The number of carbonyl (C=O) groups excluding carboxylic acids is 1. The Kier molecular flexibility index (Phi) is 6.47. The summed E-state index contributed by atoms with van der Waals surface area (Å²) in [6, 6.07) is 23.3. The number of nitrogens with zero attached hydrogens (tertiary/aromatic N) is 1. The first kappa shape index (κ1) is 24.9. The molecule has 1 unspecified atom stereocenters. The van der Waals surface area contributed by atoms with Crippen molar-refractivity contribution in [2.24, 2.45) is 0 Å². The third kappa shape index (κ3) is 4.58. The van der Waals surface area contributed by atoms with Crippen LogP contribution in [0.5, 0.6) is 5.75 Å². The van der Waals surface area contributed by atoms with E-state index in [2.05, 4.69) is 9.71 Å². The van der Waals surface area contributed by atoms with Gasteiger partial charge in [-0.05, 0) is 68.7 Å². The molecule has 7 nitrogen and oxygen atoms in total. The fourth-order valence-electron chi connectivity index (χ4n) is 4.94. The van der Waals surface area contributed by atoms with Gasteiger partial charge in [-0.15, -0.1) is 0 Å². The topological polar surface area (TPSA) is 94.6 Å². The van der Waals surface area contributed by atoms with Gasteiger partial charge >= 0.3 is 0 Å². The smallest absolute Gasteiger partial charge is 0.270 e. The number of ether oxygens (including phenoxy) is 2. The van der Waals surface area contributed by atoms with Crippen LogP contribution in [0.3, 0.4) is 0 Å². The second-order valence-corrected chi connectivity index (χ2v) is 10.9. The van der Waals surface area contributed by atoms with E-state index in [1.807, 2.05) is 56.3 Å². The summed E-state index contributed by atoms with van der Waals surface area (Å²) in [5.41, 5.74) is 2.05. The van der Waals surface area contributed by atoms with E-state index in [0.717, 1.165) is 16.8 Å². The van der Waals surface area contributed by atoms with Crippen LogP contribution < -0.4 is 9.46 Å². The zero-order valence-corrected chi connectivity index (χ0v) is 21.7. The molecule has 0 bridgehead atoms. The lowest BCUT2D eigenvalue weighted by Gasteiger charge is -2.30. The number of hydrogen-bond donors (Lipinski definition) is 1. The Balaban J connectivity index is 1.58. The molecule has 1 saturated heterocycles. The van der Waals surface area contributed by atoms with Gasteiger partial charge < -0.3 is 9.47 Å². The van der Waals surface area contributed by atoms with E-state index in [1.54, 1.807) is 30.3 Å². The average Bonchev–Trinajstić information content (AvgIpc) is 3.35. The molecule has 5 rings (SSSR count). The SMILES string of the molecule is COc1ccc(C)cc1[C@@]1(C(=O)NS(=O)(=O)c2cccc3nc(C)ccc23)CCC(c2ccccc2)O1. The molecule has 3 aromatic carbocycles. The lowest BCUT2D eigenvalue weighted by atomic mass is 9.88. The summed E-state index contributed by atoms with van der Waals surface area (Å²) < 4.78 is 41.6. The zero-order chi connectivity index (χ0) is 26.2. The van der Waals surface area contributed by atoms with Gasteiger partial charge in [0.05, 0.1) is 23.6 Å². The molecule has 1 fully saturated rings. The van der Waals surface area contributed by atoms with Crippen LogP contribution in [-0.4, -0.2) is 26.4 Å². The molecule has 0 radical (unpaired) electrons. The number of nitrogens with one attached hydrogen (secondary N) is 1. The fraction of sp³-hybridized carbons (Fsp3) is 0.241. The van der Waals surface area contributed by atoms with E-state index < -0.39 is 21.5 Å². The van der Waals surface area contributed by atoms with Gasteiger partial charge in [-0.1, -0.05) is 48.0 Å². The average molecular weight is 517 g/mol. The van der Waals surface area contributed by atoms with E-state index in [1.165, 1.54) is 13.2 Å². The number of benzene rings is 3. The quantitative estimate of drug-likeness (QED) is 0.383. The van der Waals surface area contributed by atoms with Crippen molar-refractivity contribution in [2.45, 2.75) is 43.3 Å². The van der Waals surface area contributed by atoms with Crippen LogP contribution in [0.2, 0.25) is 0 Å². The molecule has 8 heteroatoms. The van der Waals surface area contributed by atoms with Crippen molar-refractivity contribution in [1.82, 2.24) is 9.71 Å². The maximum Gasteiger partial charge on any atom is 0.270 e. The third-order valence-electron chi connectivity index (χ3n) is 6.78. The van der Waals surface area contributed by atoms with Gasteiger partial charge in [-0.2, -0.15) is 0 Å². The molecule has 1 aliphatic rings. The first-order valence-electron chi connectivity index (χ1n) is 12.0. The Morgan fingerprint density at radius 1 is 1.03 bits per heavy atom. The van der Waals surface area contributed by atoms with Crippen LogP contribution in [-0.2, 0) is 25.2 Å². The minimum absolute atomic E-state index is 0.0187. The number of fused-ring (bicyclic) bond motifs is 1. The first-order chi connectivity index (χ1) is 17.7. The molecule has 2 heterocycles. The maximum absolute atomic E-state index is 14.0. The van der Waals surface area contributed by atoms with E-state index in [0.29, 0.717) is 28.6 Å². The predicted octanol–water partition coefficient (Wildman–Crippen LogP) is 5.11. The van der Waals surface area contributed by atoms with Crippen molar-refractivity contribution in [3.8, 4) is 5.75 Å². The minimum Gasteiger partial charge on any atom is -0.496 e. The normalized spacial score (nSPS) is 19.6. The van der Waals surface area contributed by atoms with Gasteiger partial charge in [0.2, 0.25) is 0 Å². The Bertz CT molecular complexity index is 1590. The monoisotopic (exact) mass is 516 g/mol. The minimum atomic E-state index is -4.25. The third-order valence-corrected chi connectivity index (χ3v) is 8.17. The van der Waals surface area contributed by atoms with Crippen molar-refractivity contribution in [3.63, 3.8) is 0 Å². The number of methoxy groups -OCH3 is 1. The number of rotatable bonds is 6. The molecule has 190 valence electrons. The predicted molar refractivity (Wildman–Crippen MR) is 141 cm³/mol. The highest BCUT2D eigenvalue weighted by atomic mass is 32.2.